The third kappa shape index (κ3) is 3.41. The number of aromatic nitrogens is 4. The fraction of sp³-hybridized carbons (Fsp3) is 0.417. The highest BCUT2D eigenvalue weighted by Crippen LogP contribution is 2.16. The van der Waals surface area contributed by atoms with Crippen LogP contribution >= 0.6 is 0 Å². The van der Waals surface area contributed by atoms with Crippen molar-refractivity contribution < 1.29 is 0 Å². The Bertz CT molecular complexity index is 535. The molecule has 0 fully saturated rings. The van der Waals surface area contributed by atoms with Crippen molar-refractivity contribution in [2.45, 2.75) is 33.2 Å². The van der Waals surface area contributed by atoms with Crippen LogP contribution in [0.1, 0.15) is 26.1 Å². The lowest BCUT2D eigenvalue weighted by molar-refractivity contribution is 0.662. The molecule has 0 amide bonds. The summed E-state index contributed by atoms with van der Waals surface area (Å²) in [5.74, 6) is 8.21. The van der Waals surface area contributed by atoms with E-state index < -0.39 is 0 Å². The highest BCUT2D eigenvalue weighted by molar-refractivity contribution is 5.55. The summed E-state index contributed by atoms with van der Waals surface area (Å²) in [6.07, 6.45) is 3.71. The largest absolute Gasteiger partial charge is 0.323 e. The first-order valence-electron chi connectivity index (χ1n) is 6.40. The second-order valence-corrected chi connectivity index (χ2v) is 4.13. The van der Waals surface area contributed by atoms with Crippen molar-refractivity contribution in [3.8, 4) is 0 Å². The third-order valence-corrected chi connectivity index (χ3v) is 2.61. The molecule has 19 heavy (non-hydrogen) atoms. The van der Waals surface area contributed by atoms with Crippen LogP contribution in [0.15, 0.2) is 18.3 Å². The molecule has 0 atom stereocenters. The van der Waals surface area contributed by atoms with E-state index in [1.165, 1.54) is 0 Å². The summed E-state index contributed by atoms with van der Waals surface area (Å²) in [4.78, 5) is 8.73. The first-order chi connectivity index (χ1) is 9.25. The maximum absolute atomic E-state index is 5.41. The first kappa shape index (κ1) is 13.3. The fourth-order valence-electron chi connectivity index (χ4n) is 1.71. The van der Waals surface area contributed by atoms with Gasteiger partial charge >= 0.3 is 0 Å². The summed E-state index contributed by atoms with van der Waals surface area (Å²) in [6.45, 7) is 4.96. The zero-order valence-electron chi connectivity index (χ0n) is 11.2. The molecular formula is C12H19N7. The van der Waals surface area contributed by atoms with E-state index in [0.717, 1.165) is 31.0 Å². The Morgan fingerprint density at radius 1 is 1.21 bits per heavy atom. The molecule has 0 aliphatic carbocycles. The summed E-state index contributed by atoms with van der Waals surface area (Å²) in [7, 11) is 0. The second kappa shape index (κ2) is 6.14. The van der Waals surface area contributed by atoms with Crippen LogP contribution in [0.3, 0.4) is 0 Å². The number of nitrogen functional groups attached to an aromatic ring is 1. The summed E-state index contributed by atoms with van der Waals surface area (Å²) in [5.41, 5.74) is 2.55. The SMILES string of the molecule is CCCc1nc(NN)cc(Nc2ccn(CC)n2)n1. The predicted molar refractivity (Wildman–Crippen MR) is 75.0 cm³/mol. The van der Waals surface area contributed by atoms with Crippen molar-refractivity contribution in [3.05, 3.63) is 24.2 Å². The maximum atomic E-state index is 5.41. The molecule has 7 heteroatoms. The predicted octanol–water partition coefficient (Wildman–Crippen LogP) is 1.67. The Balaban J connectivity index is 2.20. The third-order valence-electron chi connectivity index (χ3n) is 2.61. The number of hydrazine groups is 1. The molecule has 0 aromatic carbocycles. The van der Waals surface area contributed by atoms with E-state index in [-0.39, 0.29) is 0 Å². The van der Waals surface area contributed by atoms with Gasteiger partial charge < -0.3 is 10.7 Å². The van der Waals surface area contributed by atoms with Crippen LogP contribution in [0, 0.1) is 0 Å². The average molecular weight is 261 g/mol. The number of nitrogens with two attached hydrogens (primary N) is 1. The first-order valence-corrected chi connectivity index (χ1v) is 6.40. The molecule has 2 aromatic rings. The van der Waals surface area contributed by atoms with E-state index in [4.69, 9.17) is 5.84 Å². The Labute approximate surface area is 112 Å². The molecule has 102 valence electrons. The molecule has 0 unspecified atom stereocenters. The molecule has 2 heterocycles. The summed E-state index contributed by atoms with van der Waals surface area (Å²) < 4.78 is 1.85. The number of nitrogens with one attached hydrogen (secondary N) is 2. The number of anilines is 3. The van der Waals surface area contributed by atoms with Crippen LogP contribution in [0.2, 0.25) is 0 Å². The quantitative estimate of drug-likeness (QED) is 0.541. The van der Waals surface area contributed by atoms with Gasteiger partial charge in [-0.15, -0.1) is 0 Å². The van der Waals surface area contributed by atoms with Gasteiger partial charge in [0.25, 0.3) is 0 Å². The minimum Gasteiger partial charge on any atom is -0.323 e. The average Bonchev–Trinajstić information content (AvgIpc) is 2.86. The summed E-state index contributed by atoms with van der Waals surface area (Å²) in [6, 6.07) is 3.66. The zero-order valence-corrected chi connectivity index (χ0v) is 11.2. The highest BCUT2D eigenvalue weighted by atomic mass is 15.3. The van der Waals surface area contributed by atoms with Gasteiger partial charge in [-0.3, -0.25) is 4.68 Å². The number of rotatable bonds is 6. The Morgan fingerprint density at radius 2 is 2.00 bits per heavy atom. The topological polar surface area (TPSA) is 93.7 Å². The smallest absolute Gasteiger partial charge is 0.153 e. The van der Waals surface area contributed by atoms with Crippen LogP contribution < -0.4 is 16.6 Å². The number of nitrogens with zero attached hydrogens (tertiary/aromatic N) is 4. The molecule has 0 saturated heterocycles. The van der Waals surface area contributed by atoms with Crippen LogP contribution in [-0.2, 0) is 13.0 Å². The van der Waals surface area contributed by atoms with E-state index in [1.807, 2.05) is 23.9 Å². The number of hydrogen-bond acceptors (Lipinski definition) is 6. The van der Waals surface area contributed by atoms with Crippen molar-refractivity contribution in [1.82, 2.24) is 19.7 Å². The molecule has 0 aliphatic heterocycles. The molecule has 0 aliphatic rings. The monoisotopic (exact) mass is 261 g/mol. The second-order valence-electron chi connectivity index (χ2n) is 4.13. The molecule has 0 spiro atoms. The highest BCUT2D eigenvalue weighted by Gasteiger charge is 2.05. The lowest BCUT2D eigenvalue weighted by Gasteiger charge is -2.07. The van der Waals surface area contributed by atoms with Crippen LogP contribution in [0.5, 0.6) is 0 Å². The van der Waals surface area contributed by atoms with Crippen LogP contribution in [0.4, 0.5) is 17.5 Å². The van der Waals surface area contributed by atoms with Crippen molar-refractivity contribution in [3.63, 3.8) is 0 Å². The van der Waals surface area contributed by atoms with Crippen molar-refractivity contribution >= 4 is 17.5 Å². The van der Waals surface area contributed by atoms with E-state index in [0.29, 0.717) is 11.6 Å². The Kier molecular flexibility index (Phi) is 4.30. The van der Waals surface area contributed by atoms with Crippen molar-refractivity contribution in [1.29, 1.82) is 0 Å². The molecule has 2 aromatic heterocycles. The Morgan fingerprint density at radius 3 is 2.63 bits per heavy atom. The zero-order chi connectivity index (χ0) is 13.7. The van der Waals surface area contributed by atoms with Crippen LogP contribution in [-0.4, -0.2) is 19.7 Å². The van der Waals surface area contributed by atoms with Gasteiger partial charge in [-0.1, -0.05) is 6.92 Å². The standard InChI is InChI=1S/C12H19N7/c1-3-5-9-14-11(8-12(15-9)17-13)16-10-6-7-19(4-2)18-10/h6-8H,3-5,13H2,1-2H3,(H2,14,15,16,17,18). The van der Waals surface area contributed by atoms with Gasteiger partial charge in [-0.25, -0.2) is 15.8 Å². The van der Waals surface area contributed by atoms with Gasteiger partial charge in [0.15, 0.2) is 5.82 Å². The van der Waals surface area contributed by atoms with Gasteiger partial charge in [0.2, 0.25) is 0 Å². The van der Waals surface area contributed by atoms with Gasteiger partial charge in [0.05, 0.1) is 0 Å². The molecule has 0 saturated carbocycles. The number of hydrogen-bond donors (Lipinski definition) is 3. The van der Waals surface area contributed by atoms with E-state index in [2.05, 4.69) is 32.7 Å². The van der Waals surface area contributed by atoms with E-state index in [1.54, 1.807) is 6.07 Å². The normalized spacial score (nSPS) is 10.5. The van der Waals surface area contributed by atoms with E-state index in [9.17, 15) is 0 Å². The lowest BCUT2D eigenvalue weighted by Crippen LogP contribution is -2.11. The minimum absolute atomic E-state index is 0.593. The van der Waals surface area contributed by atoms with E-state index >= 15 is 0 Å². The van der Waals surface area contributed by atoms with Gasteiger partial charge in [0, 0.05) is 31.3 Å². The minimum atomic E-state index is 0.593. The maximum Gasteiger partial charge on any atom is 0.153 e. The number of aryl methyl sites for hydroxylation is 2. The van der Waals surface area contributed by atoms with Crippen molar-refractivity contribution in [2.75, 3.05) is 10.7 Å². The molecule has 0 radical (unpaired) electrons. The van der Waals surface area contributed by atoms with Crippen molar-refractivity contribution in [2.24, 2.45) is 5.84 Å². The Hall–Kier alpha value is -2.15. The van der Waals surface area contributed by atoms with Gasteiger partial charge in [-0.05, 0) is 13.3 Å². The van der Waals surface area contributed by atoms with Gasteiger partial charge in [0.1, 0.15) is 17.5 Å². The molecule has 2 rings (SSSR count). The lowest BCUT2D eigenvalue weighted by atomic mass is 10.3. The van der Waals surface area contributed by atoms with Gasteiger partial charge in [-0.2, -0.15) is 5.10 Å². The summed E-state index contributed by atoms with van der Waals surface area (Å²) >= 11 is 0. The van der Waals surface area contributed by atoms with Crippen LogP contribution in [0.25, 0.3) is 0 Å². The summed E-state index contributed by atoms with van der Waals surface area (Å²) in [5, 5.41) is 7.50. The molecule has 4 N–H and O–H groups in total. The molecule has 7 nitrogen and oxygen atoms in total. The fourth-order valence-corrected chi connectivity index (χ4v) is 1.71. The molecule has 0 bridgehead atoms. The molecular weight excluding hydrogens is 242 g/mol.